The van der Waals surface area contributed by atoms with Crippen molar-refractivity contribution in [1.29, 1.82) is 0 Å². The van der Waals surface area contributed by atoms with E-state index in [0.29, 0.717) is 23.1 Å². The van der Waals surface area contributed by atoms with Crippen LogP contribution in [0.5, 0.6) is 0 Å². The van der Waals surface area contributed by atoms with Crippen LogP contribution in [0.4, 0.5) is 23.1 Å². The fraction of sp³-hybridized carbons (Fsp3) is 0.227. The van der Waals surface area contributed by atoms with E-state index in [1.807, 2.05) is 19.1 Å². The van der Waals surface area contributed by atoms with Gasteiger partial charge in [-0.1, -0.05) is 0 Å². The Labute approximate surface area is 196 Å². The molecule has 0 aliphatic carbocycles. The molecule has 0 radical (unpaired) electrons. The topological polar surface area (TPSA) is 146 Å². The molecule has 1 aromatic carbocycles. The standard InChI is InChI=1S/C22H23N7O4S/c1-15-8-9-23-19(12-15)28-20-13-18(25-14-26-20)24-10-11-27-34(32,33)17-4-2-16(3-5-17)29-21(30)6-7-22(29)31/h2-5,8-9,12-14,27H,6-7,10-11H2,1H3,(H2,23,24,25,26,28). The molecular weight excluding hydrogens is 458 g/mol. The predicted molar refractivity (Wildman–Crippen MR) is 126 cm³/mol. The first kappa shape index (κ1) is 23.3. The summed E-state index contributed by atoms with van der Waals surface area (Å²) < 4.78 is 27.6. The van der Waals surface area contributed by atoms with Crippen LogP contribution in [0.15, 0.2) is 59.9 Å². The fourth-order valence-electron chi connectivity index (χ4n) is 3.36. The van der Waals surface area contributed by atoms with Crippen molar-refractivity contribution < 1.29 is 18.0 Å². The number of rotatable bonds is 9. The Balaban J connectivity index is 1.30. The van der Waals surface area contributed by atoms with Gasteiger partial charge >= 0.3 is 0 Å². The molecule has 3 aromatic rings. The van der Waals surface area contributed by atoms with Crippen LogP contribution in [0.25, 0.3) is 0 Å². The molecular formula is C22H23N7O4S. The van der Waals surface area contributed by atoms with Crippen molar-refractivity contribution >= 4 is 45.0 Å². The Morgan fingerprint density at radius 3 is 2.26 bits per heavy atom. The number of anilines is 4. The zero-order chi connectivity index (χ0) is 24.1. The molecule has 12 heteroatoms. The summed E-state index contributed by atoms with van der Waals surface area (Å²) in [6.07, 6.45) is 3.42. The van der Waals surface area contributed by atoms with Crippen molar-refractivity contribution in [2.24, 2.45) is 0 Å². The Bertz CT molecular complexity index is 1300. The molecule has 0 atom stereocenters. The van der Waals surface area contributed by atoms with Crippen molar-refractivity contribution in [3.8, 4) is 0 Å². The molecule has 4 rings (SSSR count). The third-order valence-corrected chi connectivity index (χ3v) is 6.50. The van der Waals surface area contributed by atoms with Crippen molar-refractivity contribution in [2.45, 2.75) is 24.7 Å². The Morgan fingerprint density at radius 1 is 0.882 bits per heavy atom. The van der Waals surface area contributed by atoms with Gasteiger partial charge < -0.3 is 10.6 Å². The van der Waals surface area contributed by atoms with E-state index in [-0.39, 0.29) is 42.6 Å². The number of nitrogens with one attached hydrogen (secondary N) is 3. The molecule has 2 aromatic heterocycles. The summed E-state index contributed by atoms with van der Waals surface area (Å²) in [5, 5.41) is 6.13. The highest BCUT2D eigenvalue weighted by atomic mass is 32.2. The van der Waals surface area contributed by atoms with Gasteiger partial charge in [-0.25, -0.2) is 28.1 Å². The van der Waals surface area contributed by atoms with Crippen molar-refractivity contribution in [3.05, 3.63) is 60.6 Å². The molecule has 0 spiro atoms. The van der Waals surface area contributed by atoms with Crippen LogP contribution in [0, 0.1) is 6.92 Å². The van der Waals surface area contributed by atoms with Gasteiger partial charge in [0.05, 0.1) is 10.6 Å². The highest BCUT2D eigenvalue weighted by molar-refractivity contribution is 7.89. The molecule has 176 valence electrons. The van der Waals surface area contributed by atoms with Gasteiger partial charge in [-0.05, 0) is 48.9 Å². The van der Waals surface area contributed by atoms with Gasteiger partial charge in [0.1, 0.15) is 23.8 Å². The van der Waals surface area contributed by atoms with Crippen molar-refractivity contribution in [3.63, 3.8) is 0 Å². The van der Waals surface area contributed by atoms with Gasteiger partial charge in [-0.15, -0.1) is 0 Å². The van der Waals surface area contributed by atoms with E-state index in [2.05, 4.69) is 30.3 Å². The molecule has 3 N–H and O–H groups in total. The van der Waals surface area contributed by atoms with E-state index in [0.717, 1.165) is 10.5 Å². The lowest BCUT2D eigenvalue weighted by Gasteiger charge is -2.14. The van der Waals surface area contributed by atoms with Crippen LogP contribution in [0.2, 0.25) is 0 Å². The monoisotopic (exact) mass is 481 g/mol. The number of pyridine rings is 1. The number of amides is 2. The third kappa shape index (κ3) is 5.53. The Hall–Kier alpha value is -3.90. The quantitative estimate of drug-likeness (QED) is 0.308. The minimum absolute atomic E-state index is 0.0366. The second-order valence-corrected chi connectivity index (χ2v) is 9.34. The van der Waals surface area contributed by atoms with E-state index in [4.69, 9.17) is 0 Å². The minimum Gasteiger partial charge on any atom is -0.369 e. The molecule has 3 heterocycles. The number of nitrogens with zero attached hydrogens (tertiary/aromatic N) is 4. The smallest absolute Gasteiger partial charge is 0.240 e. The molecule has 0 saturated carbocycles. The van der Waals surface area contributed by atoms with Crippen LogP contribution in [0.3, 0.4) is 0 Å². The van der Waals surface area contributed by atoms with E-state index in [9.17, 15) is 18.0 Å². The summed E-state index contributed by atoms with van der Waals surface area (Å²) in [6.45, 7) is 2.36. The molecule has 34 heavy (non-hydrogen) atoms. The van der Waals surface area contributed by atoms with Crippen LogP contribution in [0.1, 0.15) is 18.4 Å². The summed E-state index contributed by atoms with van der Waals surface area (Å²) in [5.41, 5.74) is 1.42. The first-order valence-electron chi connectivity index (χ1n) is 10.5. The lowest BCUT2D eigenvalue weighted by molar-refractivity contribution is -0.121. The Kier molecular flexibility index (Phi) is 6.80. The van der Waals surface area contributed by atoms with Crippen molar-refractivity contribution in [1.82, 2.24) is 19.7 Å². The SMILES string of the molecule is Cc1ccnc(Nc2cc(NCCNS(=O)(=O)c3ccc(N4C(=O)CCC4=O)cc3)ncn2)c1. The van der Waals surface area contributed by atoms with E-state index in [1.54, 1.807) is 12.3 Å². The zero-order valence-corrected chi connectivity index (χ0v) is 19.2. The summed E-state index contributed by atoms with van der Waals surface area (Å²) in [7, 11) is -3.77. The van der Waals surface area contributed by atoms with Gasteiger partial charge in [-0.2, -0.15) is 0 Å². The molecule has 0 bridgehead atoms. The van der Waals surface area contributed by atoms with E-state index in [1.165, 1.54) is 30.6 Å². The van der Waals surface area contributed by atoms with Gasteiger partial charge in [0, 0.05) is 38.2 Å². The normalized spacial score (nSPS) is 13.9. The molecule has 1 aliphatic rings. The number of carbonyl (C=O) groups excluding carboxylic acids is 2. The summed E-state index contributed by atoms with van der Waals surface area (Å²) in [5.74, 6) is 1.15. The van der Waals surface area contributed by atoms with Gasteiger partial charge in [-0.3, -0.25) is 14.5 Å². The molecule has 11 nitrogen and oxygen atoms in total. The molecule has 1 fully saturated rings. The average molecular weight is 482 g/mol. The van der Waals surface area contributed by atoms with E-state index >= 15 is 0 Å². The Morgan fingerprint density at radius 2 is 1.56 bits per heavy atom. The first-order chi connectivity index (χ1) is 16.3. The van der Waals surface area contributed by atoms with Gasteiger partial charge in [0.25, 0.3) is 0 Å². The van der Waals surface area contributed by atoms with Gasteiger partial charge in [0.2, 0.25) is 21.8 Å². The molecule has 1 aliphatic heterocycles. The van der Waals surface area contributed by atoms with Crippen LogP contribution in [-0.2, 0) is 19.6 Å². The zero-order valence-electron chi connectivity index (χ0n) is 18.4. The number of hydrogen-bond donors (Lipinski definition) is 3. The maximum atomic E-state index is 12.6. The summed E-state index contributed by atoms with van der Waals surface area (Å²) in [6, 6.07) is 11.1. The first-order valence-corrected chi connectivity index (χ1v) is 12.0. The van der Waals surface area contributed by atoms with Gasteiger partial charge in [0.15, 0.2) is 0 Å². The second kappa shape index (κ2) is 9.93. The maximum Gasteiger partial charge on any atom is 0.240 e. The van der Waals surface area contributed by atoms with Crippen LogP contribution < -0.4 is 20.3 Å². The highest BCUT2D eigenvalue weighted by Gasteiger charge is 2.30. The number of carbonyl (C=O) groups is 2. The lowest BCUT2D eigenvalue weighted by atomic mass is 10.3. The van der Waals surface area contributed by atoms with Crippen LogP contribution >= 0.6 is 0 Å². The van der Waals surface area contributed by atoms with E-state index < -0.39 is 10.0 Å². The largest absolute Gasteiger partial charge is 0.369 e. The van der Waals surface area contributed by atoms with Crippen molar-refractivity contribution in [2.75, 3.05) is 28.6 Å². The van der Waals surface area contributed by atoms with Crippen LogP contribution in [-0.4, -0.2) is 48.3 Å². The third-order valence-electron chi connectivity index (χ3n) is 5.02. The fourth-order valence-corrected chi connectivity index (χ4v) is 4.39. The average Bonchev–Trinajstić information content (AvgIpc) is 3.15. The number of benzene rings is 1. The number of aromatic nitrogens is 3. The minimum atomic E-state index is -3.77. The maximum absolute atomic E-state index is 12.6. The predicted octanol–water partition coefficient (Wildman–Crippen LogP) is 1.97. The number of imide groups is 1. The molecule has 1 saturated heterocycles. The number of hydrogen-bond acceptors (Lipinski definition) is 9. The summed E-state index contributed by atoms with van der Waals surface area (Å²) >= 11 is 0. The number of sulfonamides is 1. The number of aryl methyl sites for hydroxylation is 1. The second-order valence-electron chi connectivity index (χ2n) is 7.57. The molecule has 2 amide bonds. The highest BCUT2D eigenvalue weighted by Crippen LogP contribution is 2.24. The molecule has 0 unspecified atom stereocenters. The summed E-state index contributed by atoms with van der Waals surface area (Å²) in [4.78, 5) is 37.3. The lowest BCUT2D eigenvalue weighted by Crippen LogP contribution is -2.30.